The van der Waals surface area contributed by atoms with Crippen molar-refractivity contribution in [2.45, 2.75) is 26.6 Å². The highest BCUT2D eigenvalue weighted by Gasteiger charge is 2.10. The highest BCUT2D eigenvalue weighted by Crippen LogP contribution is 2.12. The molecule has 0 bridgehead atoms. The number of amides is 1. The Balaban J connectivity index is 1.75. The van der Waals surface area contributed by atoms with Crippen LogP contribution in [0.3, 0.4) is 0 Å². The molecule has 1 heterocycles. The number of hydrogen-bond donors (Lipinski definition) is 2. The number of carbonyl (C=O) groups excluding carboxylic acids is 1. The number of aromatic amines is 1. The van der Waals surface area contributed by atoms with E-state index in [9.17, 15) is 14.4 Å². The SMILES string of the molecule is CCn1c(=O)c(=O)[nH]c2cc(C(=O)NCc3ccc(CN(C)C)cc3)ccc21. The van der Waals surface area contributed by atoms with Crippen LogP contribution in [0.2, 0.25) is 0 Å². The molecule has 0 spiro atoms. The van der Waals surface area contributed by atoms with Crippen molar-refractivity contribution in [3.63, 3.8) is 0 Å². The summed E-state index contributed by atoms with van der Waals surface area (Å²) in [7, 11) is 4.04. The third kappa shape index (κ3) is 4.20. The third-order valence-electron chi connectivity index (χ3n) is 4.53. The highest BCUT2D eigenvalue weighted by atomic mass is 16.2. The Hall–Kier alpha value is -3.19. The molecule has 0 saturated carbocycles. The molecular formula is C21H24N4O3. The summed E-state index contributed by atoms with van der Waals surface area (Å²) in [6, 6.07) is 13.0. The number of nitrogens with zero attached hydrogens (tertiary/aromatic N) is 2. The lowest BCUT2D eigenvalue weighted by Crippen LogP contribution is -2.36. The number of aromatic nitrogens is 2. The molecule has 1 aromatic heterocycles. The first kappa shape index (κ1) is 19.6. The van der Waals surface area contributed by atoms with E-state index in [-0.39, 0.29) is 5.91 Å². The zero-order chi connectivity index (χ0) is 20.3. The molecule has 0 unspecified atom stereocenters. The van der Waals surface area contributed by atoms with Crippen molar-refractivity contribution in [3.05, 3.63) is 79.9 Å². The van der Waals surface area contributed by atoms with Crippen LogP contribution in [0.4, 0.5) is 0 Å². The average molecular weight is 380 g/mol. The molecule has 3 rings (SSSR count). The first-order chi connectivity index (χ1) is 13.4. The summed E-state index contributed by atoms with van der Waals surface area (Å²) in [5.41, 5.74) is 2.42. The van der Waals surface area contributed by atoms with E-state index in [1.165, 1.54) is 10.1 Å². The van der Waals surface area contributed by atoms with E-state index in [4.69, 9.17) is 0 Å². The number of fused-ring (bicyclic) bond motifs is 1. The predicted molar refractivity (Wildman–Crippen MR) is 110 cm³/mol. The maximum Gasteiger partial charge on any atom is 0.316 e. The lowest BCUT2D eigenvalue weighted by molar-refractivity contribution is 0.0951. The van der Waals surface area contributed by atoms with Crippen LogP contribution in [0.25, 0.3) is 11.0 Å². The average Bonchev–Trinajstić information content (AvgIpc) is 2.67. The van der Waals surface area contributed by atoms with Crippen LogP contribution in [0.5, 0.6) is 0 Å². The Kier molecular flexibility index (Phi) is 5.75. The Morgan fingerprint density at radius 1 is 1.07 bits per heavy atom. The maximum absolute atomic E-state index is 12.5. The lowest BCUT2D eigenvalue weighted by atomic mass is 10.1. The molecule has 3 aromatic rings. The molecule has 0 radical (unpaired) electrons. The summed E-state index contributed by atoms with van der Waals surface area (Å²) < 4.78 is 1.39. The van der Waals surface area contributed by atoms with Crippen molar-refractivity contribution in [1.29, 1.82) is 0 Å². The van der Waals surface area contributed by atoms with Gasteiger partial charge in [-0.15, -0.1) is 0 Å². The third-order valence-corrected chi connectivity index (χ3v) is 4.53. The number of rotatable bonds is 6. The lowest BCUT2D eigenvalue weighted by Gasteiger charge is -2.11. The summed E-state index contributed by atoms with van der Waals surface area (Å²) in [6.45, 7) is 3.45. The molecule has 1 amide bonds. The van der Waals surface area contributed by atoms with Crippen molar-refractivity contribution in [2.24, 2.45) is 0 Å². The zero-order valence-electron chi connectivity index (χ0n) is 16.3. The van der Waals surface area contributed by atoms with Crippen LogP contribution in [0, 0.1) is 0 Å². The Labute approximate surface area is 162 Å². The fraction of sp³-hybridized carbons (Fsp3) is 0.286. The molecule has 7 heteroatoms. The number of hydrogen-bond acceptors (Lipinski definition) is 4. The van der Waals surface area contributed by atoms with E-state index < -0.39 is 11.1 Å². The highest BCUT2D eigenvalue weighted by molar-refractivity contribution is 5.97. The van der Waals surface area contributed by atoms with E-state index in [0.29, 0.717) is 29.7 Å². The summed E-state index contributed by atoms with van der Waals surface area (Å²) in [6.07, 6.45) is 0. The molecule has 2 aromatic carbocycles. The second-order valence-electron chi connectivity index (χ2n) is 6.97. The van der Waals surface area contributed by atoms with Gasteiger partial charge in [-0.1, -0.05) is 24.3 Å². The number of aryl methyl sites for hydroxylation is 1. The van der Waals surface area contributed by atoms with Crippen LogP contribution in [-0.4, -0.2) is 34.5 Å². The molecule has 7 nitrogen and oxygen atoms in total. The van der Waals surface area contributed by atoms with Gasteiger partial charge in [0.05, 0.1) is 11.0 Å². The van der Waals surface area contributed by atoms with Crippen molar-refractivity contribution >= 4 is 16.9 Å². The first-order valence-corrected chi connectivity index (χ1v) is 9.16. The van der Waals surface area contributed by atoms with Gasteiger partial charge < -0.3 is 19.8 Å². The van der Waals surface area contributed by atoms with Gasteiger partial charge in [0.15, 0.2) is 0 Å². The van der Waals surface area contributed by atoms with Gasteiger partial charge in [-0.2, -0.15) is 0 Å². The summed E-state index contributed by atoms with van der Waals surface area (Å²) in [5, 5.41) is 2.88. The Bertz CT molecular complexity index is 1110. The van der Waals surface area contributed by atoms with Crippen LogP contribution < -0.4 is 16.4 Å². The minimum Gasteiger partial charge on any atom is -0.348 e. The number of benzene rings is 2. The van der Waals surface area contributed by atoms with Gasteiger partial charge >= 0.3 is 11.1 Å². The van der Waals surface area contributed by atoms with Crippen molar-refractivity contribution in [3.8, 4) is 0 Å². The number of carbonyl (C=O) groups is 1. The van der Waals surface area contributed by atoms with Crippen molar-refractivity contribution in [2.75, 3.05) is 14.1 Å². The van der Waals surface area contributed by atoms with Gasteiger partial charge in [0.25, 0.3) is 5.91 Å². The van der Waals surface area contributed by atoms with Gasteiger partial charge in [-0.3, -0.25) is 14.4 Å². The number of nitrogens with one attached hydrogen (secondary N) is 2. The van der Waals surface area contributed by atoms with E-state index in [1.54, 1.807) is 25.1 Å². The second kappa shape index (κ2) is 8.22. The normalized spacial score (nSPS) is 11.1. The molecular weight excluding hydrogens is 356 g/mol. The van der Waals surface area contributed by atoms with E-state index in [0.717, 1.165) is 12.1 Å². The van der Waals surface area contributed by atoms with Crippen LogP contribution in [-0.2, 0) is 19.6 Å². The standard InChI is InChI=1S/C21H24N4O3/c1-4-25-18-10-9-16(11-17(18)23-20(27)21(25)28)19(26)22-12-14-5-7-15(8-6-14)13-24(2)3/h5-11H,4,12-13H2,1-3H3,(H,22,26)(H,23,27). The molecule has 0 aliphatic heterocycles. The van der Waals surface area contributed by atoms with Crippen LogP contribution >= 0.6 is 0 Å². The van der Waals surface area contributed by atoms with Gasteiger partial charge in [-0.25, -0.2) is 0 Å². The molecule has 0 aliphatic rings. The summed E-state index contributed by atoms with van der Waals surface area (Å²) in [5.74, 6) is -0.241. The topological polar surface area (TPSA) is 87.2 Å². The number of H-pyrrole nitrogens is 1. The van der Waals surface area contributed by atoms with E-state index >= 15 is 0 Å². The summed E-state index contributed by atoms with van der Waals surface area (Å²) >= 11 is 0. The minimum atomic E-state index is -0.690. The fourth-order valence-electron chi connectivity index (χ4n) is 3.15. The quantitative estimate of drug-likeness (QED) is 0.637. The van der Waals surface area contributed by atoms with Crippen molar-refractivity contribution < 1.29 is 4.79 Å². The minimum absolute atomic E-state index is 0.241. The monoisotopic (exact) mass is 380 g/mol. The first-order valence-electron chi connectivity index (χ1n) is 9.16. The molecule has 0 fully saturated rings. The van der Waals surface area contributed by atoms with Crippen molar-refractivity contribution in [1.82, 2.24) is 19.8 Å². The maximum atomic E-state index is 12.5. The largest absolute Gasteiger partial charge is 0.348 e. The fourth-order valence-corrected chi connectivity index (χ4v) is 3.15. The van der Waals surface area contributed by atoms with Gasteiger partial charge in [0.1, 0.15) is 0 Å². The van der Waals surface area contributed by atoms with Crippen LogP contribution in [0.15, 0.2) is 52.1 Å². The smallest absolute Gasteiger partial charge is 0.316 e. The van der Waals surface area contributed by atoms with Gasteiger partial charge in [0.2, 0.25) is 0 Å². The molecule has 0 aliphatic carbocycles. The van der Waals surface area contributed by atoms with Crippen LogP contribution in [0.1, 0.15) is 28.4 Å². The zero-order valence-corrected chi connectivity index (χ0v) is 16.3. The summed E-state index contributed by atoms with van der Waals surface area (Å²) in [4.78, 5) is 40.9. The molecule has 0 saturated heterocycles. The molecule has 0 atom stereocenters. The predicted octanol–water partition coefficient (Wildman–Crippen LogP) is 1.70. The molecule has 2 N–H and O–H groups in total. The van der Waals surface area contributed by atoms with E-state index in [2.05, 4.69) is 15.2 Å². The van der Waals surface area contributed by atoms with Gasteiger partial charge in [0, 0.05) is 25.2 Å². The molecule has 146 valence electrons. The second-order valence-corrected chi connectivity index (χ2v) is 6.97. The Morgan fingerprint density at radius 2 is 1.75 bits per heavy atom. The van der Waals surface area contributed by atoms with Gasteiger partial charge in [-0.05, 0) is 50.3 Å². The Morgan fingerprint density at radius 3 is 2.39 bits per heavy atom. The van der Waals surface area contributed by atoms with E-state index in [1.807, 2.05) is 38.4 Å². The molecule has 28 heavy (non-hydrogen) atoms.